The van der Waals surface area contributed by atoms with Gasteiger partial charge in [0.2, 0.25) is 15.9 Å². The van der Waals surface area contributed by atoms with Gasteiger partial charge in [-0.15, -0.1) is 0 Å². The van der Waals surface area contributed by atoms with Crippen LogP contribution < -0.4 is 11.1 Å². The number of nitrogens with one attached hydrogen (secondary N) is 1. The molecule has 1 aromatic carbocycles. The maximum Gasteiger partial charge on any atom is 0.270 e. The summed E-state index contributed by atoms with van der Waals surface area (Å²) in [6.07, 6.45) is 0.684. The van der Waals surface area contributed by atoms with E-state index >= 15 is 0 Å². The van der Waals surface area contributed by atoms with Crippen LogP contribution in [0.4, 0.5) is 5.69 Å². The molecule has 0 aliphatic rings. The molecular weight excluding hydrogens is 348 g/mol. The normalized spacial score (nSPS) is 13.0. The lowest BCUT2D eigenvalue weighted by Gasteiger charge is -2.21. The number of carbonyl (C=O) groups is 1. The predicted molar refractivity (Wildman–Crippen MR) is 93.4 cm³/mol. The molecule has 9 nitrogen and oxygen atoms in total. The standard InChI is InChI=1S/C15H24N4O5S/c1-11(2)7-12(9-16)17-15(20)10-18(3)25(23,24)14-6-4-5-13(8-14)19(21)22/h4-6,8,11-12H,7,9-10,16H2,1-3H3,(H,17,20). The Morgan fingerprint density at radius 3 is 2.56 bits per heavy atom. The number of nitrogens with zero attached hydrogens (tertiary/aromatic N) is 2. The maximum atomic E-state index is 12.5. The van der Waals surface area contributed by atoms with Gasteiger partial charge < -0.3 is 11.1 Å². The number of benzene rings is 1. The largest absolute Gasteiger partial charge is 0.351 e. The zero-order chi connectivity index (χ0) is 19.2. The van der Waals surface area contributed by atoms with Gasteiger partial charge in [-0.1, -0.05) is 19.9 Å². The Kier molecular flexibility index (Phi) is 7.46. The first-order valence-corrected chi connectivity index (χ1v) is 9.22. The number of rotatable bonds is 9. The Labute approximate surface area is 147 Å². The summed E-state index contributed by atoms with van der Waals surface area (Å²) < 4.78 is 25.8. The zero-order valence-electron chi connectivity index (χ0n) is 14.5. The molecular formula is C15H24N4O5S. The van der Waals surface area contributed by atoms with Crippen molar-refractivity contribution in [1.29, 1.82) is 0 Å². The number of hydrogen-bond donors (Lipinski definition) is 2. The lowest BCUT2D eigenvalue weighted by molar-refractivity contribution is -0.385. The monoisotopic (exact) mass is 372 g/mol. The zero-order valence-corrected chi connectivity index (χ0v) is 15.3. The van der Waals surface area contributed by atoms with Crippen LogP contribution in [-0.2, 0) is 14.8 Å². The summed E-state index contributed by atoms with van der Waals surface area (Å²) in [6, 6.07) is 4.46. The van der Waals surface area contributed by atoms with Crippen molar-refractivity contribution in [2.24, 2.45) is 11.7 Å². The molecule has 0 fully saturated rings. The first-order valence-electron chi connectivity index (χ1n) is 7.78. The molecule has 1 unspecified atom stereocenters. The molecule has 0 saturated carbocycles. The quantitative estimate of drug-likeness (QED) is 0.484. The number of sulfonamides is 1. The summed E-state index contributed by atoms with van der Waals surface area (Å²) in [7, 11) is -2.78. The minimum absolute atomic E-state index is 0.235. The molecule has 0 bridgehead atoms. The minimum Gasteiger partial charge on any atom is -0.351 e. The summed E-state index contributed by atoms with van der Waals surface area (Å²) in [5, 5.41) is 13.5. The maximum absolute atomic E-state index is 12.5. The van der Waals surface area contributed by atoms with Gasteiger partial charge in [0.15, 0.2) is 0 Å². The minimum atomic E-state index is -4.02. The highest BCUT2D eigenvalue weighted by molar-refractivity contribution is 7.89. The van der Waals surface area contributed by atoms with E-state index in [0.29, 0.717) is 12.3 Å². The average Bonchev–Trinajstić information content (AvgIpc) is 2.53. The fourth-order valence-electron chi connectivity index (χ4n) is 2.28. The molecule has 0 aliphatic heterocycles. The third-order valence-corrected chi connectivity index (χ3v) is 5.31. The molecule has 0 heterocycles. The summed E-state index contributed by atoms with van der Waals surface area (Å²) in [6.45, 7) is 3.84. The van der Waals surface area contributed by atoms with Crippen LogP contribution in [0.2, 0.25) is 0 Å². The van der Waals surface area contributed by atoms with E-state index < -0.39 is 27.4 Å². The fraction of sp³-hybridized carbons (Fsp3) is 0.533. The van der Waals surface area contributed by atoms with Crippen LogP contribution >= 0.6 is 0 Å². The van der Waals surface area contributed by atoms with Gasteiger partial charge in [-0.2, -0.15) is 4.31 Å². The number of likely N-dealkylation sites (N-methyl/N-ethyl adjacent to an activating group) is 1. The smallest absolute Gasteiger partial charge is 0.270 e. The number of nitrogens with two attached hydrogens (primary N) is 1. The summed E-state index contributed by atoms with van der Waals surface area (Å²) in [5.74, 6) is -0.146. The highest BCUT2D eigenvalue weighted by Gasteiger charge is 2.25. The second kappa shape index (κ2) is 8.88. The van der Waals surface area contributed by atoms with Crippen LogP contribution in [0.3, 0.4) is 0 Å². The lowest BCUT2D eigenvalue weighted by Crippen LogP contribution is -2.46. The number of amides is 1. The van der Waals surface area contributed by atoms with E-state index in [4.69, 9.17) is 5.73 Å². The van der Waals surface area contributed by atoms with Crippen molar-refractivity contribution in [2.75, 3.05) is 20.1 Å². The molecule has 1 amide bonds. The van der Waals surface area contributed by atoms with Crippen LogP contribution in [0.25, 0.3) is 0 Å². The molecule has 25 heavy (non-hydrogen) atoms. The molecule has 1 aromatic rings. The Morgan fingerprint density at radius 1 is 1.40 bits per heavy atom. The molecule has 0 radical (unpaired) electrons. The van der Waals surface area contributed by atoms with E-state index in [2.05, 4.69) is 5.32 Å². The van der Waals surface area contributed by atoms with E-state index in [1.54, 1.807) is 0 Å². The topological polar surface area (TPSA) is 136 Å². The Bertz CT molecular complexity index is 720. The van der Waals surface area contributed by atoms with Gasteiger partial charge in [0.1, 0.15) is 0 Å². The molecule has 0 aliphatic carbocycles. The molecule has 1 atom stereocenters. The molecule has 1 rings (SSSR count). The first kappa shape index (κ1) is 21.0. The van der Waals surface area contributed by atoms with Gasteiger partial charge in [0.05, 0.1) is 16.4 Å². The second-order valence-corrected chi connectivity index (χ2v) is 8.19. The third-order valence-electron chi connectivity index (χ3n) is 3.51. The van der Waals surface area contributed by atoms with Crippen LogP contribution in [0, 0.1) is 16.0 Å². The number of non-ortho nitro benzene ring substituents is 1. The van der Waals surface area contributed by atoms with Crippen molar-refractivity contribution in [1.82, 2.24) is 9.62 Å². The van der Waals surface area contributed by atoms with Gasteiger partial charge >= 0.3 is 0 Å². The number of nitro groups is 1. The van der Waals surface area contributed by atoms with Crippen LogP contribution in [0.15, 0.2) is 29.2 Å². The summed E-state index contributed by atoms with van der Waals surface area (Å²) in [4.78, 5) is 21.9. The van der Waals surface area contributed by atoms with Crippen molar-refractivity contribution in [3.8, 4) is 0 Å². The number of carbonyl (C=O) groups excluding carboxylic acids is 1. The first-order chi connectivity index (χ1) is 11.6. The van der Waals surface area contributed by atoms with Gasteiger partial charge in [-0.3, -0.25) is 14.9 Å². The molecule has 10 heteroatoms. The second-order valence-electron chi connectivity index (χ2n) is 6.15. The van der Waals surface area contributed by atoms with Crippen molar-refractivity contribution < 1.29 is 18.1 Å². The number of hydrogen-bond acceptors (Lipinski definition) is 6. The molecule has 3 N–H and O–H groups in total. The Morgan fingerprint density at radius 2 is 2.04 bits per heavy atom. The number of nitro benzene ring substituents is 1. The van der Waals surface area contributed by atoms with Gasteiger partial charge in [-0.25, -0.2) is 8.42 Å². The molecule has 140 valence electrons. The molecule has 0 aromatic heterocycles. The van der Waals surface area contributed by atoms with Crippen molar-refractivity contribution in [2.45, 2.75) is 31.2 Å². The van der Waals surface area contributed by atoms with Gasteiger partial charge in [0, 0.05) is 31.8 Å². The lowest BCUT2D eigenvalue weighted by atomic mass is 10.0. The predicted octanol–water partition coefficient (Wildman–Crippen LogP) is 0.705. The molecule has 0 spiro atoms. The van der Waals surface area contributed by atoms with E-state index in [1.165, 1.54) is 25.2 Å². The van der Waals surface area contributed by atoms with Crippen molar-refractivity contribution in [3.63, 3.8) is 0 Å². The van der Waals surface area contributed by atoms with Gasteiger partial charge in [0.25, 0.3) is 5.69 Å². The average molecular weight is 372 g/mol. The highest BCUT2D eigenvalue weighted by atomic mass is 32.2. The van der Waals surface area contributed by atoms with Crippen molar-refractivity contribution >= 4 is 21.6 Å². The van der Waals surface area contributed by atoms with E-state index in [0.717, 1.165) is 10.4 Å². The highest BCUT2D eigenvalue weighted by Crippen LogP contribution is 2.20. The third kappa shape index (κ3) is 6.07. The van der Waals surface area contributed by atoms with E-state index in [-0.39, 0.29) is 23.2 Å². The van der Waals surface area contributed by atoms with E-state index in [9.17, 15) is 23.3 Å². The van der Waals surface area contributed by atoms with Crippen LogP contribution in [0.1, 0.15) is 20.3 Å². The van der Waals surface area contributed by atoms with Crippen LogP contribution in [0.5, 0.6) is 0 Å². The fourth-order valence-corrected chi connectivity index (χ4v) is 3.45. The molecule has 0 saturated heterocycles. The van der Waals surface area contributed by atoms with Gasteiger partial charge in [-0.05, 0) is 18.4 Å². The Balaban J connectivity index is 2.84. The van der Waals surface area contributed by atoms with Crippen LogP contribution in [-0.4, -0.2) is 49.7 Å². The summed E-state index contributed by atoms with van der Waals surface area (Å²) in [5.41, 5.74) is 5.28. The van der Waals surface area contributed by atoms with E-state index in [1.807, 2.05) is 13.8 Å². The summed E-state index contributed by atoms with van der Waals surface area (Å²) >= 11 is 0. The van der Waals surface area contributed by atoms with Crippen molar-refractivity contribution in [3.05, 3.63) is 34.4 Å². The SMILES string of the molecule is CC(C)CC(CN)NC(=O)CN(C)S(=O)(=O)c1cccc([N+](=O)[O-])c1. The Hall–Kier alpha value is -2.04.